The molecule has 0 amide bonds. The summed E-state index contributed by atoms with van der Waals surface area (Å²) in [6.45, 7) is 0. The number of nitrogens with zero attached hydrogens (tertiary/aromatic N) is 6. The van der Waals surface area contributed by atoms with E-state index in [0.29, 0.717) is 5.69 Å². The van der Waals surface area contributed by atoms with Gasteiger partial charge in [0.05, 0.1) is 23.4 Å². The summed E-state index contributed by atoms with van der Waals surface area (Å²) in [7, 11) is 0. The van der Waals surface area contributed by atoms with Crippen molar-refractivity contribution < 1.29 is 0 Å². The lowest BCUT2D eigenvalue weighted by Gasteiger charge is -2.30. The van der Waals surface area contributed by atoms with Gasteiger partial charge in [-0.3, -0.25) is 4.99 Å². The van der Waals surface area contributed by atoms with E-state index < -0.39 is 5.41 Å². The van der Waals surface area contributed by atoms with Gasteiger partial charge in [0.25, 0.3) is 0 Å². The standard InChI is InChI=1S/C14H10N6/c15-8-14(13-2-5-18-10-20-13)3-6-16-7-11(14)12-1-4-17-9-19-12/h1-7,9-11H. The maximum atomic E-state index is 9.76. The summed E-state index contributed by atoms with van der Waals surface area (Å²) in [6.07, 6.45) is 11.3. The maximum absolute atomic E-state index is 9.76. The highest BCUT2D eigenvalue weighted by Gasteiger charge is 2.42. The molecule has 0 fully saturated rings. The van der Waals surface area contributed by atoms with Crippen LogP contribution in [0.1, 0.15) is 17.3 Å². The molecule has 6 nitrogen and oxygen atoms in total. The van der Waals surface area contributed by atoms with Crippen LogP contribution in [0.4, 0.5) is 0 Å². The molecule has 0 N–H and O–H groups in total. The first-order chi connectivity index (χ1) is 9.87. The van der Waals surface area contributed by atoms with Crippen LogP contribution in [0.3, 0.4) is 0 Å². The molecule has 3 rings (SSSR count). The van der Waals surface area contributed by atoms with Gasteiger partial charge in [-0.1, -0.05) is 0 Å². The van der Waals surface area contributed by atoms with Crippen LogP contribution in [0.15, 0.2) is 54.4 Å². The van der Waals surface area contributed by atoms with Gasteiger partial charge in [0.2, 0.25) is 0 Å². The quantitative estimate of drug-likeness (QED) is 0.816. The monoisotopic (exact) mass is 262 g/mol. The van der Waals surface area contributed by atoms with E-state index in [2.05, 4.69) is 31.0 Å². The molecule has 2 unspecified atom stereocenters. The highest BCUT2D eigenvalue weighted by molar-refractivity contribution is 5.75. The molecule has 0 radical (unpaired) electrons. The highest BCUT2D eigenvalue weighted by Crippen LogP contribution is 2.39. The molecule has 0 saturated carbocycles. The zero-order chi connectivity index (χ0) is 13.8. The van der Waals surface area contributed by atoms with Gasteiger partial charge in [0, 0.05) is 24.8 Å². The molecule has 0 aliphatic carbocycles. The Morgan fingerprint density at radius 2 is 1.90 bits per heavy atom. The predicted octanol–water partition coefficient (Wildman–Crippen LogP) is 1.41. The van der Waals surface area contributed by atoms with Crippen molar-refractivity contribution in [1.29, 1.82) is 5.26 Å². The summed E-state index contributed by atoms with van der Waals surface area (Å²) in [4.78, 5) is 20.4. The molecule has 0 spiro atoms. The highest BCUT2D eigenvalue weighted by atomic mass is 14.9. The first-order valence-electron chi connectivity index (χ1n) is 6.01. The molecule has 0 saturated heterocycles. The normalized spacial score (nSPS) is 24.2. The van der Waals surface area contributed by atoms with E-state index in [1.807, 2.05) is 0 Å². The number of aromatic nitrogens is 4. The fourth-order valence-corrected chi connectivity index (χ4v) is 2.26. The van der Waals surface area contributed by atoms with Crippen LogP contribution in [0.5, 0.6) is 0 Å². The Balaban J connectivity index is 2.16. The lowest BCUT2D eigenvalue weighted by Crippen LogP contribution is -2.34. The van der Waals surface area contributed by atoms with Crippen LogP contribution in [-0.4, -0.2) is 26.2 Å². The smallest absolute Gasteiger partial charge is 0.132 e. The van der Waals surface area contributed by atoms with Gasteiger partial charge in [0.1, 0.15) is 18.1 Å². The van der Waals surface area contributed by atoms with Gasteiger partial charge >= 0.3 is 0 Å². The number of nitriles is 1. The lowest BCUT2D eigenvalue weighted by molar-refractivity contribution is 0.596. The third kappa shape index (κ3) is 1.86. The fourth-order valence-electron chi connectivity index (χ4n) is 2.26. The van der Waals surface area contributed by atoms with E-state index in [4.69, 9.17) is 0 Å². The lowest BCUT2D eigenvalue weighted by atomic mass is 9.71. The van der Waals surface area contributed by atoms with E-state index in [1.165, 1.54) is 12.7 Å². The second-order valence-corrected chi connectivity index (χ2v) is 4.30. The van der Waals surface area contributed by atoms with Crippen molar-refractivity contribution in [3.8, 4) is 6.07 Å². The molecule has 6 heteroatoms. The van der Waals surface area contributed by atoms with Crippen LogP contribution < -0.4 is 0 Å². The number of allylic oxidation sites excluding steroid dienone is 1. The second-order valence-electron chi connectivity index (χ2n) is 4.30. The topological polar surface area (TPSA) is 87.7 Å². The fraction of sp³-hybridized carbons (Fsp3) is 0.143. The van der Waals surface area contributed by atoms with Crippen molar-refractivity contribution in [2.75, 3.05) is 0 Å². The first-order valence-corrected chi connectivity index (χ1v) is 6.01. The molecule has 2 aromatic rings. The molecular formula is C14H10N6. The molecule has 0 aromatic carbocycles. The van der Waals surface area contributed by atoms with Gasteiger partial charge in [-0.15, -0.1) is 0 Å². The zero-order valence-corrected chi connectivity index (χ0v) is 10.5. The predicted molar refractivity (Wildman–Crippen MR) is 71.7 cm³/mol. The van der Waals surface area contributed by atoms with Gasteiger partial charge < -0.3 is 0 Å². The summed E-state index contributed by atoms with van der Waals surface area (Å²) in [5.74, 6) is -0.310. The van der Waals surface area contributed by atoms with Crippen LogP contribution in [0.25, 0.3) is 0 Å². The third-order valence-electron chi connectivity index (χ3n) is 3.26. The Hall–Kier alpha value is -2.94. The number of aliphatic imine (C=N–C) groups is 1. The molecule has 1 aliphatic rings. The van der Waals surface area contributed by atoms with Gasteiger partial charge in [-0.05, 0) is 18.2 Å². The Morgan fingerprint density at radius 1 is 1.10 bits per heavy atom. The minimum absolute atomic E-state index is 0.310. The maximum Gasteiger partial charge on any atom is 0.132 e. The average Bonchev–Trinajstić information content (AvgIpc) is 2.56. The molecule has 2 aromatic heterocycles. The van der Waals surface area contributed by atoms with E-state index in [-0.39, 0.29) is 5.92 Å². The van der Waals surface area contributed by atoms with E-state index in [0.717, 1.165) is 5.69 Å². The first kappa shape index (κ1) is 12.1. The second kappa shape index (κ2) is 4.97. The van der Waals surface area contributed by atoms with E-state index in [9.17, 15) is 5.26 Å². The molecule has 20 heavy (non-hydrogen) atoms. The Morgan fingerprint density at radius 3 is 2.55 bits per heavy atom. The molecule has 0 bridgehead atoms. The third-order valence-corrected chi connectivity index (χ3v) is 3.26. The van der Waals surface area contributed by atoms with Crippen LogP contribution in [0, 0.1) is 11.3 Å². The molecule has 2 atom stereocenters. The summed E-state index contributed by atoms with van der Waals surface area (Å²) in [5, 5.41) is 9.76. The summed E-state index contributed by atoms with van der Waals surface area (Å²) in [5.41, 5.74) is 0.424. The number of hydrogen-bond acceptors (Lipinski definition) is 6. The van der Waals surface area contributed by atoms with Crippen molar-refractivity contribution in [2.45, 2.75) is 11.3 Å². The van der Waals surface area contributed by atoms with E-state index in [1.54, 1.807) is 43.0 Å². The van der Waals surface area contributed by atoms with Crippen molar-refractivity contribution >= 4 is 6.21 Å². The van der Waals surface area contributed by atoms with Gasteiger partial charge in [-0.2, -0.15) is 5.26 Å². The van der Waals surface area contributed by atoms with Crippen molar-refractivity contribution in [1.82, 2.24) is 19.9 Å². The molecular weight excluding hydrogens is 252 g/mol. The van der Waals surface area contributed by atoms with Crippen molar-refractivity contribution in [3.63, 3.8) is 0 Å². The minimum Gasteiger partial charge on any atom is -0.269 e. The van der Waals surface area contributed by atoms with Gasteiger partial charge in [0.15, 0.2) is 0 Å². The largest absolute Gasteiger partial charge is 0.269 e. The molecule has 3 heterocycles. The average molecular weight is 262 g/mol. The Bertz CT molecular complexity index is 689. The van der Waals surface area contributed by atoms with Crippen LogP contribution in [-0.2, 0) is 5.41 Å². The summed E-state index contributed by atoms with van der Waals surface area (Å²) >= 11 is 0. The van der Waals surface area contributed by atoms with Crippen molar-refractivity contribution in [3.05, 3.63) is 60.8 Å². The SMILES string of the molecule is N#CC1(c2ccncn2)C=CN=CC1c1ccncn1. The number of hydrogen-bond donors (Lipinski definition) is 0. The minimum atomic E-state index is -0.932. The van der Waals surface area contributed by atoms with Gasteiger partial charge in [-0.25, -0.2) is 19.9 Å². The summed E-state index contributed by atoms with van der Waals surface area (Å²) in [6, 6.07) is 5.87. The zero-order valence-electron chi connectivity index (χ0n) is 10.5. The Kier molecular flexibility index (Phi) is 3.01. The Labute approximate surface area is 115 Å². The van der Waals surface area contributed by atoms with Crippen molar-refractivity contribution in [2.24, 2.45) is 4.99 Å². The number of rotatable bonds is 2. The van der Waals surface area contributed by atoms with Crippen LogP contribution in [0.2, 0.25) is 0 Å². The summed E-state index contributed by atoms with van der Waals surface area (Å²) < 4.78 is 0. The molecule has 1 aliphatic heterocycles. The van der Waals surface area contributed by atoms with Crippen LogP contribution >= 0.6 is 0 Å². The molecule has 96 valence electrons. The van der Waals surface area contributed by atoms with E-state index >= 15 is 0 Å².